The number of benzene rings is 1. The number of hydrogen-bond donors (Lipinski definition) is 1. The quantitative estimate of drug-likeness (QED) is 0.876. The first kappa shape index (κ1) is 17.1. The molecule has 1 aliphatic rings. The van der Waals surface area contributed by atoms with Crippen molar-refractivity contribution in [3.63, 3.8) is 0 Å². The third kappa shape index (κ3) is 4.24. The van der Waals surface area contributed by atoms with Crippen molar-refractivity contribution in [3.8, 4) is 0 Å². The second-order valence-electron chi connectivity index (χ2n) is 6.50. The maximum atomic E-state index is 13.4. The number of rotatable bonds is 2. The molecule has 130 valence electrons. The van der Waals surface area contributed by atoms with Gasteiger partial charge in [0, 0.05) is 19.3 Å². The molecule has 2 heterocycles. The summed E-state index contributed by atoms with van der Waals surface area (Å²) < 4.78 is 13.4. The average molecular weight is 339 g/mol. The lowest BCUT2D eigenvalue weighted by Crippen LogP contribution is -2.42. The second kappa shape index (κ2) is 7.47. The molecule has 1 saturated heterocycles. The van der Waals surface area contributed by atoms with Crippen molar-refractivity contribution in [2.45, 2.75) is 20.3 Å². The summed E-state index contributed by atoms with van der Waals surface area (Å²) in [6.45, 7) is 5.22. The molecule has 25 heavy (non-hydrogen) atoms. The van der Waals surface area contributed by atoms with E-state index >= 15 is 0 Å². The number of amides is 2. The number of aromatic nitrogens is 1. The van der Waals surface area contributed by atoms with Crippen molar-refractivity contribution in [2.24, 2.45) is 5.92 Å². The molecule has 1 atom stereocenters. The van der Waals surface area contributed by atoms with Crippen LogP contribution in [0.2, 0.25) is 0 Å². The largest absolute Gasteiger partial charge is 0.324 e. The van der Waals surface area contributed by atoms with Gasteiger partial charge in [-0.25, -0.2) is 9.18 Å². The van der Waals surface area contributed by atoms with Crippen LogP contribution in [0.25, 0.3) is 6.08 Å². The number of anilines is 1. The fourth-order valence-corrected chi connectivity index (χ4v) is 3.06. The number of pyridine rings is 1. The minimum Gasteiger partial charge on any atom is -0.324 e. The monoisotopic (exact) mass is 339 g/mol. The number of piperidine rings is 1. The van der Waals surface area contributed by atoms with E-state index in [0.717, 1.165) is 12.0 Å². The Hall–Kier alpha value is -2.69. The lowest BCUT2D eigenvalue weighted by Gasteiger charge is -2.33. The molecule has 0 saturated carbocycles. The number of urea groups is 1. The van der Waals surface area contributed by atoms with Gasteiger partial charge in [-0.15, -0.1) is 0 Å². The highest BCUT2D eigenvalue weighted by molar-refractivity contribution is 5.89. The van der Waals surface area contributed by atoms with Gasteiger partial charge in [-0.2, -0.15) is 0 Å². The molecule has 3 rings (SSSR count). The van der Waals surface area contributed by atoms with Crippen molar-refractivity contribution in [3.05, 3.63) is 65.2 Å². The maximum Gasteiger partial charge on any atom is 0.321 e. The summed E-state index contributed by atoms with van der Waals surface area (Å²) in [5.74, 6) is 0.0795. The van der Waals surface area contributed by atoms with E-state index in [1.54, 1.807) is 31.5 Å². The van der Waals surface area contributed by atoms with Gasteiger partial charge in [0.1, 0.15) is 5.82 Å². The first-order valence-electron chi connectivity index (χ1n) is 8.45. The van der Waals surface area contributed by atoms with Gasteiger partial charge in [-0.1, -0.05) is 24.6 Å². The number of nitrogens with zero attached hydrogens (tertiary/aromatic N) is 2. The Morgan fingerprint density at radius 3 is 2.92 bits per heavy atom. The molecule has 1 aromatic heterocycles. The maximum absolute atomic E-state index is 13.4. The zero-order valence-electron chi connectivity index (χ0n) is 14.5. The van der Waals surface area contributed by atoms with Gasteiger partial charge >= 0.3 is 6.03 Å². The Morgan fingerprint density at radius 2 is 2.24 bits per heavy atom. The van der Waals surface area contributed by atoms with Crippen LogP contribution in [0.1, 0.15) is 24.5 Å². The summed E-state index contributed by atoms with van der Waals surface area (Å²) in [7, 11) is 0. The van der Waals surface area contributed by atoms with E-state index in [2.05, 4.69) is 23.3 Å². The summed E-state index contributed by atoms with van der Waals surface area (Å²) in [6, 6.07) is 8.67. The third-order valence-corrected chi connectivity index (χ3v) is 4.53. The van der Waals surface area contributed by atoms with E-state index in [1.807, 2.05) is 17.0 Å². The minimum atomic E-state index is -0.183. The van der Waals surface area contributed by atoms with Gasteiger partial charge in [0.2, 0.25) is 0 Å². The van der Waals surface area contributed by atoms with Crippen molar-refractivity contribution >= 4 is 17.8 Å². The lowest BCUT2D eigenvalue weighted by molar-refractivity contribution is 0.198. The summed E-state index contributed by atoms with van der Waals surface area (Å²) in [4.78, 5) is 18.2. The topological polar surface area (TPSA) is 45.2 Å². The van der Waals surface area contributed by atoms with Crippen LogP contribution < -0.4 is 5.32 Å². The van der Waals surface area contributed by atoms with Crippen LogP contribution in [-0.4, -0.2) is 29.0 Å². The van der Waals surface area contributed by atoms with Crippen LogP contribution in [0.4, 0.5) is 14.9 Å². The molecule has 0 radical (unpaired) electrons. The van der Waals surface area contributed by atoms with E-state index in [4.69, 9.17) is 0 Å². The molecule has 1 unspecified atom stereocenters. The average Bonchev–Trinajstić information content (AvgIpc) is 2.60. The molecular formula is C20H22FN3O. The van der Waals surface area contributed by atoms with Crippen LogP contribution in [-0.2, 0) is 0 Å². The first-order valence-corrected chi connectivity index (χ1v) is 8.45. The van der Waals surface area contributed by atoms with Crippen LogP contribution in [0.3, 0.4) is 0 Å². The highest BCUT2D eigenvalue weighted by Crippen LogP contribution is 2.26. The van der Waals surface area contributed by atoms with Crippen molar-refractivity contribution < 1.29 is 9.18 Å². The van der Waals surface area contributed by atoms with E-state index < -0.39 is 0 Å². The first-order chi connectivity index (χ1) is 12.0. The predicted molar refractivity (Wildman–Crippen MR) is 97.7 cm³/mol. The molecule has 0 spiro atoms. The van der Waals surface area contributed by atoms with Crippen molar-refractivity contribution in [2.75, 3.05) is 18.4 Å². The Bertz CT molecular complexity index is 789. The van der Waals surface area contributed by atoms with Gasteiger partial charge in [-0.05, 0) is 54.7 Å². The van der Waals surface area contributed by atoms with Gasteiger partial charge in [0.05, 0.1) is 11.9 Å². The molecule has 1 aromatic carbocycles. The standard InChI is InChI=1S/C20H22FN3O/c1-14-10-16(5-6-19(14)21)11-17-7-9-24(13-15(17)2)20(25)23-18-4-3-8-22-12-18/h3-6,8,10-12,15H,7,9,13H2,1-2H3,(H,23,25). The summed E-state index contributed by atoms with van der Waals surface area (Å²) in [6.07, 6.45) is 6.24. The van der Waals surface area contributed by atoms with Gasteiger partial charge in [-0.3, -0.25) is 4.98 Å². The molecule has 1 aliphatic heterocycles. The zero-order chi connectivity index (χ0) is 17.8. The molecular weight excluding hydrogens is 317 g/mol. The molecule has 1 N–H and O–H groups in total. The third-order valence-electron chi connectivity index (χ3n) is 4.53. The molecule has 2 aromatic rings. The Balaban J connectivity index is 1.64. The molecule has 1 fully saturated rings. The molecule has 0 aliphatic carbocycles. The number of carbonyl (C=O) groups is 1. The zero-order valence-corrected chi connectivity index (χ0v) is 14.5. The number of nitrogens with one attached hydrogen (secondary N) is 1. The van der Waals surface area contributed by atoms with Crippen LogP contribution in [0.5, 0.6) is 0 Å². The van der Waals surface area contributed by atoms with E-state index in [9.17, 15) is 9.18 Å². The number of carbonyl (C=O) groups excluding carboxylic acids is 1. The highest BCUT2D eigenvalue weighted by Gasteiger charge is 2.24. The number of aryl methyl sites for hydroxylation is 1. The van der Waals surface area contributed by atoms with Gasteiger partial charge in [0.15, 0.2) is 0 Å². The van der Waals surface area contributed by atoms with Crippen LogP contribution >= 0.6 is 0 Å². The Morgan fingerprint density at radius 1 is 1.40 bits per heavy atom. The number of hydrogen-bond acceptors (Lipinski definition) is 2. The number of halogens is 1. The Labute approximate surface area is 147 Å². The lowest BCUT2D eigenvalue weighted by atomic mass is 9.91. The normalized spacial score (nSPS) is 19.1. The fraction of sp³-hybridized carbons (Fsp3) is 0.300. The summed E-state index contributed by atoms with van der Waals surface area (Å²) in [5, 5.41) is 2.87. The van der Waals surface area contributed by atoms with Crippen molar-refractivity contribution in [1.82, 2.24) is 9.88 Å². The van der Waals surface area contributed by atoms with E-state index in [-0.39, 0.29) is 17.8 Å². The van der Waals surface area contributed by atoms with E-state index in [0.29, 0.717) is 24.3 Å². The summed E-state index contributed by atoms with van der Waals surface area (Å²) in [5.41, 5.74) is 3.64. The fourth-order valence-electron chi connectivity index (χ4n) is 3.06. The minimum absolute atomic E-state index is 0.100. The second-order valence-corrected chi connectivity index (χ2v) is 6.50. The molecule has 0 bridgehead atoms. The summed E-state index contributed by atoms with van der Waals surface area (Å²) >= 11 is 0. The predicted octanol–water partition coefficient (Wildman–Crippen LogP) is 4.49. The Kier molecular flexibility index (Phi) is 5.12. The molecule has 5 heteroatoms. The smallest absolute Gasteiger partial charge is 0.321 e. The van der Waals surface area contributed by atoms with Gasteiger partial charge < -0.3 is 10.2 Å². The SMILES string of the molecule is Cc1cc(C=C2CCN(C(=O)Nc3cccnc3)CC2C)ccc1F. The van der Waals surface area contributed by atoms with Crippen LogP contribution in [0.15, 0.2) is 48.3 Å². The molecule has 4 nitrogen and oxygen atoms in total. The highest BCUT2D eigenvalue weighted by atomic mass is 19.1. The van der Waals surface area contributed by atoms with E-state index in [1.165, 1.54) is 11.6 Å². The van der Waals surface area contributed by atoms with Crippen LogP contribution in [0, 0.1) is 18.7 Å². The number of likely N-dealkylation sites (tertiary alicyclic amines) is 1. The van der Waals surface area contributed by atoms with Crippen molar-refractivity contribution in [1.29, 1.82) is 0 Å². The van der Waals surface area contributed by atoms with Gasteiger partial charge in [0.25, 0.3) is 0 Å². The molecule has 2 amide bonds.